The molecule has 1 aliphatic rings. The van der Waals surface area contributed by atoms with Crippen LogP contribution in [-0.4, -0.2) is 51.5 Å². The zero-order chi connectivity index (χ0) is 20.9. The summed E-state index contributed by atoms with van der Waals surface area (Å²) in [6, 6.07) is 0. The SMILES string of the molecule is CC1=C(C)C(=O)C(CC[C@](C)(O)C(=O)/N=C(/CCCN)C(=O)O)=C(C)C1=O. The van der Waals surface area contributed by atoms with Gasteiger partial charge in [0.2, 0.25) is 0 Å². The third-order valence-electron chi connectivity index (χ3n) is 4.73. The fourth-order valence-electron chi connectivity index (χ4n) is 2.66. The third kappa shape index (κ3) is 5.27. The van der Waals surface area contributed by atoms with Crippen molar-refractivity contribution in [1.29, 1.82) is 0 Å². The number of carbonyl (C=O) groups excluding carboxylic acids is 3. The number of ketones is 2. The lowest BCUT2D eigenvalue weighted by atomic mass is 9.82. The summed E-state index contributed by atoms with van der Waals surface area (Å²) in [6.07, 6.45) is 0.181. The predicted molar refractivity (Wildman–Crippen MR) is 99.3 cm³/mol. The monoisotopic (exact) mass is 378 g/mol. The first-order chi connectivity index (χ1) is 12.4. The molecule has 0 radical (unpaired) electrons. The van der Waals surface area contributed by atoms with Gasteiger partial charge in [-0.3, -0.25) is 14.4 Å². The van der Waals surface area contributed by atoms with Crippen molar-refractivity contribution in [3.05, 3.63) is 22.3 Å². The molecule has 0 saturated carbocycles. The summed E-state index contributed by atoms with van der Waals surface area (Å²) in [6.45, 7) is 6.13. The molecule has 1 aliphatic carbocycles. The van der Waals surface area contributed by atoms with Gasteiger partial charge in [0, 0.05) is 22.3 Å². The number of carboxylic acids is 1. The molecule has 0 aromatic rings. The highest BCUT2D eigenvalue weighted by molar-refractivity contribution is 6.37. The molecule has 4 N–H and O–H groups in total. The number of hydrogen-bond donors (Lipinski definition) is 3. The van der Waals surface area contributed by atoms with Crippen LogP contribution in [0, 0.1) is 0 Å². The van der Waals surface area contributed by atoms with Crippen LogP contribution in [0.15, 0.2) is 27.3 Å². The minimum absolute atomic E-state index is 0.000488. The summed E-state index contributed by atoms with van der Waals surface area (Å²) in [4.78, 5) is 51.5. The van der Waals surface area contributed by atoms with Gasteiger partial charge in [-0.1, -0.05) is 0 Å². The first-order valence-electron chi connectivity index (χ1n) is 8.68. The Morgan fingerprint density at radius 2 is 1.63 bits per heavy atom. The highest BCUT2D eigenvalue weighted by Gasteiger charge is 2.34. The molecule has 0 bridgehead atoms. The van der Waals surface area contributed by atoms with E-state index in [1.54, 1.807) is 13.8 Å². The Morgan fingerprint density at radius 3 is 2.15 bits per heavy atom. The van der Waals surface area contributed by atoms with E-state index in [1.807, 2.05) is 0 Å². The average Bonchev–Trinajstić information content (AvgIpc) is 2.61. The number of nitrogens with two attached hydrogens (primary N) is 1. The number of carboxylic acid groups (broad SMARTS) is 1. The summed E-state index contributed by atoms with van der Waals surface area (Å²) in [5.74, 6) is -2.88. The molecule has 1 amide bonds. The number of aliphatic carboxylic acids is 1. The van der Waals surface area contributed by atoms with E-state index in [0.29, 0.717) is 23.1 Å². The van der Waals surface area contributed by atoms with Crippen molar-refractivity contribution in [3.8, 4) is 0 Å². The zero-order valence-electron chi connectivity index (χ0n) is 16.1. The van der Waals surface area contributed by atoms with Crippen molar-refractivity contribution >= 4 is 29.2 Å². The van der Waals surface area contributed by atoms with Crippen LogP contribution in [0.1, 0.15) is 53.4 Å². The summed E-state index contributed by atoms with van der Waals surface area (Å²) < 4.78 is 0. The molecule has 27 heavy (non-hydrogen) atoms. The number of aliphatic imine (C=N–C) groups is 1. The van der Waals surface area contributed by atoms with Crippen molar-refractivity contribution in [2.24, 2.45) is 10.7 Å². The standard InChI is InChI=1S/C19H26N2O6/c1-10-11(2)16(23)13(12(3)15(10)22)7-8-19(4,27)18(26)21-14(17(24)25)6-5-9-20/h27H,5-9,20H2,1-4H3,(H,24,25)/b21-14-/t19-/m0/s1. The first-order valence-corrected chi connectivity index (χ1v) is 8.68. The van der Waals surface area contributed by atoms with Gasteiger partial charge in [0.1, 0.15) is 11.3 Å². The van der Waals surface area contributed by atoms with Gasteiger partial charge >= 0.3 is 5.97 Å². The second-order valence-electron chi connectivity index (χ2n) is 6.85. The van der Waals surface area contributed by atoms with Gasteiger partial charge < -0.3 is 15.9 Å². The molecule has 0 aromatic carbocycles. The highest BCUT2D eigenvalue weighted by atomic mass is 16.4. The number of amides is 1. The van der Waals surface area contributed by atoms with Crippen LogP contribution >= 0.6 is 0 Å². The second-order valence-corrected chi connectivity index (χ2v) is 6.85. The minimum atomic E-state index is -1.97. The second kappa shape index (κ2) is 8.96. The Balaban J connectivity index is 2.97. The van der Waals surface area contributed by atoms with E-state index in [-0.39, 0.29) is 48.7 Å². The van der Waals surface area contributed by atoms with Gasteiger partial charge in [-0.2, -0.15) is 0 Å². The number of Topliss-reactive ketones (excluding diaryl/α,β-unsaturated/α-hetero) is 2. The number of allylic oxidation sites excluding steroid dienone is 4. The van der Waals surface area contributed by atoms with Gasteiger partial charge in [-0.15, -0.1) is 0 Å². The van der Waals surface area contributed by atoms with Gasteiger partial charge in [0.25, 0.3) is 5.91 Å². The molecule has 0 unspecified atom stereocenters. The maximum absolute atomic E-state index is 12.4. The Labute approximate surface area is 157 Å². The minimum Gasteiger partial charge on any atom is -0.477 e. The molecule has 0 aromatic heterocycles. The summed E-state index contributed by atoms with van der Waals surface area (Å²) >= 11 is 0. The smallest absolute Gasteiger partial charge is 0.350 e. The summed E-state index contributed by atoms with van der Waals surface area (Å²) in [5.41, 5.74) is 4.27. The lowest BCUT2D eigenvalue weighted by molar-refractivity contribution is -0.135. The van der Waals surface area contributed by atoms with E-state index in [0.717, 1.165) is 0 Å². The van der Waals surface area contributed by atoms with Crippen molar-refractivity contribution in [3.63, 3.8) is 0 Å². The molecule has 8 heteroatoms. The van der Waals surface area contributed by atoms with Crippen molar-refractivity contribution in [1.82, 2.24) is 0 Å². The molecule has 0 aliphatic heterocycles. The van der Waals surface area contributed by atoms with Gasteiger partial charge in [0.05, 0.1) is 0 Å². The molecule has 148 valence electrons. The van der Waals surface area contributed by atoms with Crippen molar-refractivity contribution < 1.29 is 29.4 Å². The Kier molecular flexibility index (Phi) is 7.50. The fraction of sp³-hybridized carbons (Fsp3) is 0.526. The van der Waals surface area contributed by atoms with Crippen LogP contribution in [0.5, 0.6) is 0 Å². The average molecular weight is 378 g/mol. The van der Waals surface area contributed by atoms with E-state index < -0.39 is 17.5 Å². The molecule has 1 atom stereocenters. The zero-order valence-corrected chi connectivity index (χ0v) is 16.1. The Bertz CT molecular complexity index is 771. The number of carbonyl (C=O) groups is 4. The number of rotatable bonds is 8. The van der Waals surface area contributed by atoms with Gasteiger partial charge in [0.15, 0.2) is 11.6 Å². The normalized spacial score (nSPS) is 18.1. The molecule has 8 nitrogen and oxygen atoms in total. The van der Waals surface area contributed by atoms with Crippen LogP contribution in [0.2, 0.25) is 0 Å². The Hall–Kier alpha value is -2.45. The maximum Gasteiger partial charge on any atom is 0.350 e. The number of aliphatic hydroxyl groups is 1. The maximum atomic E-state index is 12.4. The van der Waals surface area contributed by atoms with Crippen molar-refractivity contribution in [2.75, 3.05) is 6.54 Å². The predicted octanol–water partition coefficient (Wildman–Crippen LogP) is 1.11. The van der Waals surface area contributed by atoms with Crippen LogP contribution in [0.4, 0.5) is 0 Å². The largest absolute Gasteiger partial charge is 0.477 e. The van der Waals surface area contributed by atoms with E-state index in [9.17, 15) is 24.3 Å². The summed E-state index contributed by atoms with van der Waals surface area (Å²) in [5, 5.41) is 19.5. The van der Waals surface area contributed by atoms with Gasteiger partial charge in [-0.25, -0.2) is 9.79 Å². The van der Waals surface area contributed by atoms with E-state index >= 15 is 0 Å². The summed E-state index contributed by atoms with van der Waals surface area (Å²) in [7, 11) is 0. The van der Waals surface area contributed by atoms with Crippen LogP contribution < -0.4 is 5.73 Å². The van der Waals surface area contributed by atoms with E-state index in [1.165, 1.54) is 13.8 Å². The third-order valence-corrected chi connectivity index (χ3v) is 4.73. The van der Waals surface area contributed by atoms with Crippen molar-refractivity contribution in [2.45, 2.75) is 59.0 Å². The van der Waals surface area contributed by atoms with Crippen LogP contribution in [-0.2, 0) is 19.2 Å². The molecule has 0 saturated heterocycles. The lowest BCUT2D eigenvalue weighted by Gasteiger charge is -2.23. The fourth-order valence-corrected chi connectivity index (χ4v) is 2.66. The number of hydrogen-bond acceptors (Lipinski definition) is 6. The molecule has 0 fully saturated rings. The van der Waals surface area contributed by atoms with E-state index in [2.05, 4.69) is 4.99 Å². The van der Waals surface area contributed by atoms with E-state index in [4.69, 9.17) is 10.8 Å². The number of nitrogens with zero attached hydrogens (tertiary/aromatic N) is 1. The molecular weight excluding hydrogens is 352 g/mol. The molecule has 0 spiro atoms. The highest BCUT2D eigenvalue weighted by Crippen LogP contribution is 2.29. The first kappa shape index (κ1) is 22.6. The topological polar surface area (TPSA) is 147 Å². The van der Waals surface area contributed by atoms with Crippen LogP contribution in [0.3, 0.4) is 0 Å². The molecule has 0 heterocycles. The quantitative estimate of drug-likeness (QED) is 0.423. The molecule has 1 rings (SSSR count). The van der Waals surface area contributed by atoms with Crippen LogP contribution in [0.25, 0.3) is 0 Å². The van der Waals surface area contributed by atoms with Gasteiger partial charge in [-0.05, 0) is 59.9 Å². The Morgan fingerprint density at radius 1 is 1.07 bits per heavy atom. The molecular formula is C19H26N2O6. The lowest BCUT2D eigenvalue weighted by Crippen LogP contribution is -2.36.